The molecule has 92 valence electrons. The molecule has 3 atom stereocenters. The van der Waals surface area contributed by atoms with Gasteiger partial charge in [0.2, 0.25) is 0 Å². The number of rotatable bonds is 2. The number of ether oxygens (including phenoxy) is 1. The van der Waals surface area contributed by atoms with E-state index in [1.165, 1.54) is 13.2 Å². The number of hydrogen-bond acceptors (Lipinski definition) is 4. The van der Waals surface area contributed by atoms with Crippen molar-refractivity contribution in [2.24, 2.45) is 11.8 Å². The van der Waals surface area contributed by atoms with Crippen molar-refractivity contribution in [3.63, 3.8) is 0 Å². The van der Waals surface area contributed by atoms with E-state index in [9.17, 15) is 14.7 Å². The Morgan fingerprint density at radius 1 is 1.53 bits per heavy atom. The Hall–Kier alpha value is -1.42. The Kier molecular flexibility index (Phi) is 3.43. The Labute approximate surface area is 100.0 Å². The van der Waals surface area contributed by atoms with Crippen LogP contribution in [0, 0.1) is 11.8 Å². The van der Waals surface area contributed by atoms with Gasteiger partial charge >= 0.3 is 5.97 Å². The van der Waals surface area contributed by atoms with Crippen LogP contribution in [0.15, 0.2) is 23.8 Å². The number of allylic oxidation sites excluding steroid dienone is 3. The second kappa shape index (κ2) is 4.84. The SMILES string of the molecule is COC(=O)C[C@@H]1C(=O)C=CC2=CCC[C@@H](O)[C@H]21. The van der Waals surface area contributed by atoms with E-state index < -0.39 is 18.0 Å². The molecule has 0 fully saturated rings. The average Bonchev–Trinajstić information content (AvgIpc) is 2.33. The van der Waals surface area contributed by atoms with E-state index in [1.807, 2.05) is 6.08 Å². The zero-order valence-electron chi connectivity index (χ0n) is 9.76. The van der Waals surface area contributed by atoms with Crippen LogP contribution in [0.1, 0.15) is 19.3 Å². The number of carbonyl (C=O) groups is 2. The molecule has 0 unspecified atom stereocenters. The third kappa shape index (κ3) is 2.31. The average molecular weight is 236 g/mol. The summed E-state index contributed by atoms with van der Waals surface area (Å²) >= 11 is 0. The summed E-state index contributed by atoms with van der Waals surface area (Å²) in [5.41, 5.74) is 0.970. The molecule has 2 aliphatic carbocycles. The molecule has 0 spiro atoms. The Bertz CT molecular complexity index is 394. The van der Waals surface area contributed by atoms with Crippen LogP contribution in [0.3, 0.4) is 0 Å². The van der Waals surface area contributed by atoms with E-state index in [1.54, 1.807) is 6.08 Å². The van der Waals surface area contributed by atoms with Crippen LogP contribution in [-0.2, 0) is 14.3 Å². The number of carbonyl (C=O) groups excluding carboxylic acids is 2. The highest BCUT2D eigenvalue weighted by molar-refractivity contribution is 5.96. The molecule has 4 heteroatoms. The number of fused-ring (bicyclic) bond motifs is 1. The smallest absolute Gasteiger partial charge is 0.306 e. The molecule has 0 radical (unpaired) electrons. The first-order chi connectivity index (χ1) is 8.13. The second-order valence-corrected chi connectivity index (χ2v) is 4.50. The predicted molar refractivity (Wildman–Crippen MR) is 61.1 cm³/mol. The van der Waals surface area contributed by atoms with Gasteiger partial charge in [-0.25, -0.2) is 0 Å². The monoisotopic (exact) mass is 236 g/mol. The Morgan fingerprint density at radius 2 is 2.29 bits per heavy atom. The standard InChI is InChI=1S/C13H16O4/c1-17-12(16)7-9-10(14)6-5-8-3-2-4-11(15)13(8)9/h3,5-6,9,11,13,15H,2,4,7H2,1H3/t9-,11-,13-/m1/s1. The fraction of sp³-hybridized carbons (Fsp3) is 0.538. The minimum absolute atomic E-state index is 0.0404. The summed E-state index contributed by atoms with van der Waals surface area (Å²) in [4.78, 5) is 23.1. The van der Waals surface area contributed by atoms with E-state index in [0.717, 1.165) is 12.0 Å². The highest BCUT2D eigenvalue weighted by Crippen LogP contribution is 2.37. The van der Waals surface area contributed by atoms with Gasteiger partial charge in [-0.05, 0) is 24.5 Å². The number of methoxy groups -OCH3 is 1. The molecule has 1 N–H and O–H groups in total. The minimum Gasteiger partial charge on any atom is -0.469 e. The first-order valence-corrected chi connectivity index (χ1v) is 5.80. The number of hydrogen-bond donors (Lipinski definition) is 1. The lowest BCUT2D eigenvalue weighted by Crippen LogP contribution is -2.38. The number of esters is 1. The molecule has 0 aliphatic heterocycles. The predicted octanol–water partition coefficient (Wildman–Crippen LogP) is 1.00. The van der Waals surface area contributed by atoms with E-state index in [4.69, 9.17) is 0 Å². The highest BCUT2D eigenvalue weighted by Gasteiger charge is 2.39. The van der Waals surface area contributed by atoms with Gasteiger partial charge in [0.15, 0.2) is 5.78 Å². The summed E-state index contributed by atoms with van der Waals surface area (Å²) in [6.07, 6.45) is 6.24. The Morgan fingerprint density at radius 3 is 3.00 bits per heavy atom. The number of aliphatic hydroxyl groups excluding tert-OH is 1. The fourth-order valence-electron chi connectivity index (χ4n) is 2.61. The van der Waals surface area contributed by atoms with Gasteiger partial charge in [0.05, 0.1) is 19.6 Å². The van der Waals surface area contributed by atoms with Crippen LogP contribution in [0.2, 0.25) is 0 Å². The molecule has 0 heterocycles. The maximum absolute atomic E-state index is 11.8. The number of ketones is 1. The third-order valence-corrected chi connectivity index (χ3v) is 3.50. The summed E-state index contributed by atoms with van der Waals surface area (Å²) in [7, 11) is 1.31. The molecule has 0 saturated heterocycles. The zero-order valence-corrected chi connectivity index (χ0v) is 9.76. The fourth-order valence-corrected chi connectivity index (χ4v) is 2.61. The summed E-state index contributed by atoms with van der Waals surface area (Å²) in [5, 5.41) is 10.00. The van der Waals surface area contributed by atoms with Crippen molar-refractivity contribution >= 4 is 11.8 Å². The van der Waals surface area contributed by atoms with Crippen molar-refractivity contribution in [3.8, 4) is 0 Å². The first kappa shape index (κ1) is 12.0. The molecule has 0 saturated carbocycles. The molecule has 4 nitrogen and oxygen atoms in total. The van der Waals surface area contributed by atoms with Gasteiger partial charge in [0.25, 0.3) is 0 Å². The molecule has 0 amide bonds. The summed E-state index contributed by atoms with van der Waals surface area (Å²) < 4.78 is 4.60. The van der Waals surface area contributed by atoms with E-state index in [0.29, 0.717) is 6.42 Å². The van der Waals surface area contributed by atoms with E-state index in [2.05, 4.69) is 4.74 Å². The van der Waals surface area contributed by atoms with E-state index >= 15 is 0 Å². The topological polar surface area (TPSA) is 63.6 Å². The second-order valence-electron chi connectivity index (χ2n) is 4.50. The van der Waals surface area contributed by atoms with Crippen molar-refractivity contribution in [1.29, 1.82) is 0 Å². The molecule has 2 rings (SSSR count). The van der Waals surface area contributed by atoms with Gasteiger partial charge in [0, 0.05) is 11.8 Å². The van der Waals surface area contributed by atoms with Crippen LogP contribution in [0.4, 0.5) is 0 Å². The van der Waals surface area contributed by atoms with Gasteiger partial charge in [-0.1, -0.05) is 12.2 Å². The van der Waals surface area contributed by atoms with Gasteiger partial charge < -0.3 is 9.84 Å². The molecule has 0 aromatic carbocycles. The molecule has 17 heavy (non-hydrogen) atoms. The van der Waals surface area contributed by atoms with Gasteiger partial charge in [-0.3, -0.25) is 9.59 Å². The summed E-state index contributed by atoms with van der Waals surface area (Å²) in [5.74, 6) is -1.23. The summed E-state index contributed by atoms with van der Waals surface area (Å²) in [6.45, 7) is 0. The van der Waals surface area contributed by atoms with Crippen molar-refractivity contribution in [3.05, 3.63) is 23.8 Å². The molecular weight excluding hydrogens is 220 g/mol. The van der Waals surface area contributed by atoms with Crippen LogP contribution in [-0.4, -0.2) is 30.1 Å². The lowest BCUT2D eigenvalue weighted by atomic mass is 9.70. The maximum atomic E-state index is 11.8. The van der Waals surface area contributed by atoms with Crippen molar-refractivity contribution in [1.82, 2.24) is 0 Å². The zero-order chi connectivity index (χ0) is 12.4. The molecule has 2 aliphatic rings. The Balaban J connectivity index is 2.26. The lowest BCUT2D eigenvalue weighted by Gasteiger charge is -2.35. The van der Waals surface area contributed by atoms with Gasteiger partial charge in [-0.2, -0.15) is 0 Å². The van der Waals surface area contributed by atoms with Crippen molar-refractivity contribution in [2.75, 3.05) is 7.11 Å². The van der Waals surface area contributed by atoms with Crippen LogP contribution in [0.5, 0.6) is 0 Å². The van der Waals surface area contributed by atoms with Gasteiger partial charge in [0.1, 0.15) is 0 Å². The van der Waals surface area contributed by atoms with Crippen LogP contribution in [0.25, 0.3) is 0 Å². The summed E-state index contributed by atoms with van der Waals surface area (Å²) in [6, 6.07) is 0. The third-order valence-electron chi connectivity index (χ3n) is 3.50. The molecule has 0 aromatic heterocycles. The molecule has 0 aromatic rings. The number of aliphatic hydroxyl groups is 1. The van der Waals surface area contributed by atoms with E-state index in [-0.39, 0.29) is 18.1 Å². The van der Waals surface area contributed by atoms with Crippen molar-refractivity contribution < 1.29 is 19.4 Å². The van der Waals surface area contributed by atoms with Gasteiger partial charge in [-0.15, -0.1) is 0 Å². The first-order valence-electron chi connectivity index (χ1n) is 5.80. The van der Waals surface area contributed by atoms with Crippen molar-refractivity contribution in [2.45, 2.75) is 25.4 Å². The molecular formula is C13H16O4. The largest absolute Gasteiger partial charge is 0.469 e. The highest BCUT2D eigenvalue weighted by atomic mass is 16.5. The maximum Gasteiger partial charge on any atom is 0.306 e. The normalized spacial score (nSPS) is 31.8. The lowest BCUT2D eigenvalue weighted by molar-refractivity contribution is -0.144. The van der Waals surface area contributed by atoms with Crippen LogP contribution < -0.4 is 0 Å². The minimum atomic E-state index is -0.543. The van der Waals surface area contributed by atoms with Crippen LogP contribution >= 0.6 is 0 Å². The quantitative estimate of drug-likeness (QED) is 0.726. The molecule has 0 bridgehead atoms.